The molecule has 3 N–H and O–H groups in total. The van der Waals surface area contributed by atoms with E-state index >= 15 is 0 Å². The molecule has 21 heavy (non-hydrogen) atoms. The number of anilines is 1. The van der Waals surface area contributed by atoms with E-state index in [1.165, 1.54) is 37.7 Å². The van der Waals surface area contributed by atoms with Crippen LogP contribution in [0.5, 0.6) is 0 Å². The molecule has 1 aliphatic carbocycles. The van der Waals surface area contributed by atoms with Gasteiger partial charge in [-0.15, -0.1) is 24.2 Å². The Bertz CT molecular complexity index is 436. The molecule has 118 valence electrons. The third-order valence-electron chi connectivity index (χ3n) is 3.41. The average molecular weight is 331 g/mol. The van der Waals surface area contributed by atoms with Gasteiger partial charge in [0.1, 0.15) is 6.04 Å². The van der Waals surface area contributed by atoms with Gasteiger partial charge in [-0.1, -0.05) is 12.8 Å². The first-order valence-electron chi connectivity index (χ1n) is 7.01. The van der Waals surface area contributed by atoms with Crippen molar-refractivity contribution in [2.45, 2.75) is 41.9 Å². The smallest absolute Gasteiger partial charge is 0.243 e. The highest BCUT2D eigenvalue weighted by molar-refractivity contribution is 8.00. The molecule has 1 unspecified atom stereocenters. The first-order chi connectivity index (χ1) is 9.69. The van der Waals surface area contributed by atoms with Gasteiger partial charge < -0.3 is 15.8 Å². The summed E-state index contributed by atoms with van der Waals surface area (Å²) in [6, 6.07) is 7.33. The Balaban J connectivity index is 0.00000220. The normalized spacial score (nSPS) is 16.3. The average Bonchev–Trinajstić information content (AvgIpc) is 2.94. The second kappa shape index (κ2) is 9.30. The van der Waals surface area contributed by atoms with Gasteiger partial charge in [0.2, 0.25) is 5.91 Å². The van der Waals surface area contributed by atoms with E-state index in [2.05, 4.69) is 17.4 Å². The lowest BCUT2D eigenvalue weighted by molar-refractivity contribution is -0.118. The molecule has 0 saturated heterocycles. The van der Waals surface area contributed by atoms with Crippen molar-refractivity contribution in [3.05, 3.63) is 24.3 Å². The van der Waals surface area contributed by atoms with Crippen LogP contribution < -0.4 is 11.1 Å². The Kier molecular flexibility index (Phi) is 8.11. The van der Waals surface area contributed by atoms with Crippen LogP contribution >= 0.6 is 24.2 Å². The van der Waals surface area contributed by atoms with E-state index in [4.69, 9.17) is 10.5 Å². The minimum atomic E-state index is -0.632. The van der Waals surface area contributed by atoms with Crippen molar-refractivity contribution in [3.63, 3.8) is 0 Å². The molecule has 1 saturated carbocycles. The Morgan fingerprint density at radius 2 is 2.00 bits per heavy atom. The van der Waals surface area contributed by atoms with Crippen LogP contribution in [0.15, 0.2) is 29.2 Å². The maximum absolute atomic E-state index is 11.7. The molecule has 1 aromatic carbocycles. The Hall–Kier alpha value is -0.750. The fourth-order valence-electron chi connectivity index (χ4n) is 2.31. The van der Waals surface area contributed by atoms with Crippen molar-refractivity contribution in [2.75, 3.05) is 19.0 Å². The number of nitrogens with two attached hydrogens (primary N) is 1. The van der Waals surface area contributed by atoms with Gasteiger partial charge in [0.05, 0.1) is 6.61 Å². The Morgan fingerprint density at radius 3 is 2.57 bits per heavy atom. The zero-order chi connectivity index (χ0) is 14.4. The van der Waals surface area contributed by atoms with Crippen LogP contribution in [0.25, 0.3) is 0 Å². The summed E-state index contributed by atoms with van der Waals surface area (Å²) in [5.74, 6) is -0.219. The summed E-state index contributed by atoms with van der Waals surface area (Å²) in [4.78, 5) is 13.0. The number of carbonyl (C=O) groups is 1. The summed E-state index contributed by atoms with van der Waals surface area (Å²) in [7, 11) is 1.53. The number of hydrogen-bond acceptors (Lipinski definition) is 4. The number of thioether (sulfide) groups is 1. The predicted molar refractivity (Wildman–Crippen MR) is 90.3 cm³/mol. The molecule has 1 atom stereocenters. The van der Waals surface area contributed by atoms with Crippen molar-refractivity contribution >= 4 is 35.8 Å². The molecule has 6 heteroatoms. The van der Waals surface area contributed by atoms with Crippen LogP contribution in [0.3, 0.4) is 0 Å². The molecule has 1 aliphatic rings. The molecule has 0 bridgehead atoms. The minimum Gasteiger partial charge on any atom is -0.383 e. The number of amides is 1. The molecule has 0 heterocycles. The first-order valence-corrected chi connectivity index (χ1v) is 7.89. The molecule has 0 spiro atoms. The fourth-order valence-corrected chi connectivity index (χ4v) is 3.55. The van der Waals surface area contributed by atoms with Crippen LogP contribution in [0, 0.1) is 0 Å². The zero-order valence-corrected chi connectivity index (χ0v) is 13.8. The number of methoxy groups -OCH3 is 1. The minimum absolute atomic E-state index is 0. The van der Waals surface area contributed by atoms with E-state index in [9.17, 15) is 4.79 Å². The van der Waals surface area contributed by atoms with Gasteiger partial charge in [-0.2, -0.15) is 0 Å². The lowest BCUT2D eigenvalue weighted by atomic mass is 10.2. The number of ether oxygens (including phenoxy) is 1. The number of rotatable bonds is 6. The summed E-state index contributed by atoms with van der Waals surface area (Å²) in [6.07, 6.45) is 5.33. The topological polar surface area (TPSA) is 64.3 Å². The number of hydrogen-bond donors (Lipinski definition) is 2. The van der Waals surface area contributed by atoms with Gasteiger partial charge in [0, 0.05) is 22.9 Å². The Morgan fingerprint density at radius 1 is 1.38 bits per heavy atom. The SMILES string of the molecule is COCC(N)C(=O)Nc1ccc(SC2CCCC2)cc1.Cl. The van der Waals surface area contributed by atoms with Crippen molar-refractivity contribution in [1.29, 1.82) is 0 Å². The number of halogens is 1. The molecule has 4 nitrogen and oxygen atoms in total. The molecule has 0 aromatic heterocycles. The van der Waals surface area contributed by atoms with Gasteiger partial charge >= 0.3 is 0 Å². The van der Waals surface area contributed by atoms with Crippen molar-refractivity contribution in [1.82, 2.24) is 0 Å². The predicted octanol–water partition coefficient (Wildman–Crippen LogP) is 3.06. The summed E-state index contributed by atoms with van der Waals surface area (Å²) in [6.45, 7) is 0.224. The maximum atomic E-state index is 11.7. The van der Waals surface area contributed by atoms with Crippen LogP contribution in [0.2, 0.25) is 0 Å². The van der Waals surface area contributed by atoms with E-state index in [1.54, 1.807) is 0 Å². The second-order valence-corrected chi connectivity index (χ2v) is 6.47. The van der Waals surface area contributed by atoms with Crippen molar-refractivity contribution in [3.8, 4) is 0 Å². The largest absolute Gasteiger partial charge is 0.383 e. The van der Waals surface area contributed by atoms with E-state index < -0.39 is 6.04 Å². The Labute approximate surface area is 136 Å². The van der Waals surface area contributed by atoms with E-state index in [0.717, 1.165) is 10.9 Å². The van der Waals surface area contributed by atoms with E-state index in [1.807, 2.05) is 23.9 Å². The number of nitrogens with one attached hydrogen (secondary N) is 1. The molecular formula is C15H23ClN2O2S. The van der Waals surface area contributed by atoms with Crippen LogP contribution in [0.4, 0.5) is 5.69 Å². The highest BCUT2D eigenvalue weighted by Gasteiger charge is 2.16. The molecule has 0 radical (unpaired) electrons. The molecule has 1 aromatic rings. The maximum Gasteiger partial charge on any atom is 0.243 e. The van der Waals surface area contributed by atoms with Gasteiger partial charge in [0.25, 0.3) is 0 Å². The molecule has 1 amide bonds. The summed E-state index contributed by atoms with van der Waals surface area (Å²) < 4.78 is 4.87. The number of benzene rings is 1. The summed E-state index contributed by atoms with van der Waals surface area (Å²) >= 11 is 1.94. The highest BCUT2D eigenvalue weighted by atomic mass is 35.5. The lowest BCUT2D eigenvalue weighted by Gasteiger charge is -2.12. The van der Waals surface area contributed by atoms with Gasteiger partial charge in [-0.05, 0) is 37.1 Å². The van der Waals surface area contributed by atoms with Crippen LogP contribution in [0.1, 0.15) is 25.7 Å². The fraction of sp³-hybridized carbons (Fsp3) is 0.533. The highest BCUT2D eigenvalue weighted by Crippen LogP contribution is 2.34. The second-order valence-electron chi connectivity index (χ2n) is 5.10. The van der Waals surface area contributed by atoms with Crippen LogP contribution in [-0.4, -0.2) is 30.9 Å². The van der Waals surface area contributed by atoms with Gasteiger partial charge in [-0.3, -0.25) is 4.79 Å². The molecule has 0 aliphatic heterocycles. The third-order valence-corrected chi connectivity index (χ3v) is 4.76. The summed E-state index contributed by atoms with van der Waals surface area (Å²) in [5, 5.41) is 3.55. The zero-order valence-electron chi connectivity index (χ0n) is 12.2. The van der Waals surface area contributed by atoms with Crippen molar-refractivity contribution < 1.29 is 9.53 Å². The quantitative estimate of drug-likeness (QED) is 0.841. The van der Waals surface area contributed by atoms with E-state index in [0.29, 0.717) is 0 Å². The van der Waals surface area contributed by atoms with Gasteiger partial charge in [-0.25, -0.2) is 0 Å². The lowest BCUT2D eigenvalue weighted by Crippen LogP contribution is -2.39. The number of carbonyl (C=O) groups excluding carboxylic acids is 1. The van der Waals surface area contributed by atoms with E-state index in [-0.39, 0.29) is 24.9 Å². The van der Waals surface area contributed by atoms with Gasteiger partial charge in [0.15, 0.2) is 0 Å². The summed E-state index contributed by atoms with van der Waals surface area (Å²) in [5.41, 5.74) is 6.45. The third kappa shape index (κ3) is 5.87. The van der Waals surface area contributed by atoms with Crippen molar-refractivity contribution in [2.24, 2.45) is 5.73 Å². The molecule has 1 fully saturated rings. The standard InChI is InChI=1S/C15H22N2O2S.ClH/c1-19-10-14(16)15(18)17-11-6-8-13(9-7-11)20-12-4-2-3-5-12;/h6-9,12,14H,2-5,10,16H2,1H3,(H,17,18);1H. The molecule has 2 rings (SSSR count). The first kappa shape index (κ1) is 18.3. The molecular weight excluding hydrogens is 308 g/mol. The monoisotopic (exact) mass is 330 g/mol. The van der Waals surface area contributed by atoms with Crippen LogP contribution in [-0.2, 0) is 9.53 Å².